The Morgan fingerprint density at radius 1 is 1.42 bits per heavy atom. The molecule has 66 valence electrons. The fourth-order valence-corrected chi connectivity index (χ4v) is 1.26. The van der Waals surface area contributed by atoms with Gasteiger partial charge in [-0.05, 0) is 32.5 Å². The molecule has 0 bridgehead atoms. The molecule has 0 saturated carbocycles. The van der Waals surface area contributed by atoms with Crippen LogP contribution in [0.15, 0.2) is 24.4 Å². The van der Waals surface area contributed by atoms with Gasteiger partial charge in [0.15, 0.2) is 0 Å². The van der Waals surface area contributed by atoms with Crippen LogP contribution in [0.25, 0.3) is 0 Å². The quantitative estimate of drug-likeness (QED) is 0.738. The van der Waals surface area contributed by atoms with Gasteiger partial charge in [0.25, 0.3) is 0 Å². The van der Waals surface area contributed by atoms with Gasteiger partial charge in [-0.15, -0.1) is 0 Å². The summed E-state index contributed by atoms with van der Waals surface area (Å²) in [5.41, 5.74) is 1.07. The lowest BCUT2D eigenvalue weighted by Crippen LogP contribution is -2.36. The summed E-state index contributed by atoms with van der Waals surface area (Å²) in [7, 11) is 0. The molecule has 1 aromatic rings. The lowest BCUT2D eigenvalue weighted by atomic mass is 10.0. The topological polar surface area (TPSA) is 24.9 Å². The minimum Gasteiger partial charge on any atom is -0.307 e. The van der Waals surface area contributed by atoms with Crippen LogP contribution in [0.1, 0.15) is 26.5 Å². The molecule has 0 atom stereocenters. The van der Waals surface area contributed by atoms with Gasteiger partial charge in [-0.25, -0.2) is 0 Å². The van der Waals surface area contributed by atoms with Crippen LogP contribution >= 0.6 is 0 Å². The number of hydrogen-bond acceptors (Lipinski definition) is 2. The van der Waals surface area contributed by atoms with Crippen LogP contribution in [0.4, 0.5) is 0 Å². The van der Waals surface area contributed by atoms with E-state index in [1.807, 2.05) is 24.4 Å². The summed E-state index contributed by atoms with van der Waals surface area (Å²) in [4.78, 5) is 4.31. The van der Waals surface area contributed by atoms with Gasteiger partial charge in [0.2, 0.25) is 0 Å². The molecule has 1 rings (SSSR count). The number of hydrogen-bond donors (Lipinski definition) is 1. The first-order valence-electron chi connectivity index (χ1n) is 4.33. The molecule has 0 spiro atoms. The third kappa shape index (κ3) is 2.05. The smallest absolute Gasteiger partial charge is 0.0598 e. The van der Waals surface area contributed by atoms with Crippen LogP contribution in [0, 0.1) is 0 Å². The van der Waals surface area contributed by atoms with Gasteiger partial charge in [-0.2, -0.15) is 0 Å². The average molecular weight is 164 g/mol. The van der Waals surface area contributed by atoms with E-state index >= 15 is 0 Å². The van der Waals surface area contributed by atoms with Crippen molar-refractivity contribution >= 4 is 0 Å². The first-order valence-corrected chi connectivity index (χ1v) is 4.33. The zero-order valence-electron chi connectivity index (χ0n) is 7.96. The Bertz CT molecular complexity index is 229. The Balaban J connectivity index is 2.82. The van der Waals surface area contributed by atoms with Gasteiger partial charge in [-0.1, -0.05) is 13.0 Å². The average Bonchev–Trinajstić information content (AvgIpc) is 2.06. The molecule has 1 N–H and O–H groups in total. The summed E-state index contributed by atoms with van der Waals surface area (Å²) in [6.07, 6.45) is 1.83. The largest absolute Gasteiger partial charge is 0.307 e. The first kappa shape index (κ1) is 9.20. The molecule has 1 aromatic heterocycles. The van der Waals surface area contributed by atoms with Crippen LogP contribution in [0.2, 0.25) is 0 Å². The minimum atomic E-state index is -0.0178. The molecule has 0 aromatic carbocycles. The molecule has 0 fully saturated rings. The normalized spacial score (nSPS) is 11.6. The summed E-state index contributed by atoms with van der Waals surface area (Å²) in [5, 5.41) is 3.38. The van der Waals surface area contributed by atoms with Crippen molar-refractivity contribution in [1.82, 2.24) is 10.3 Å². The van der Waals surface area contributed by atoms with E-state index < -0.39 is 0 Å². The van der Waals surface area contributed by atoms with Crippen LogP contribution in [0.3, 0.4) is 0 Å². The molecule has 2 nitrogen and oxygen atoms in total. The first-order chi connectivity index (χ1) is 5.67. The highest BCUT2D eigenvalue weighted by atomic mass is 15.0. The highest BCUT2D eigenvalue weighted by molar-refractivity contribution is 5.12. The third-order valence-electron chi connectivity index (χ3n) is 1.92. The predicted molar refractivity (Wildman–Crippen MR) is 50.9 cm³/mol. The Hall–Kier alpha value is -0.890. The van der Waals surface area contributed by atoms with E-state index in [9.17, 15) is 0 Å². The summed E-state index contributed by atoms with van der Waals surface area (Å²) in [6.45, 7) is 7.34. The number of pyridine rings is 1. The molecule has 0 aliphatic heterocycles. The number of nitrogens with zero attached hydrogens (tertiary/aromatic N) is 1. The maximum absolute atomic E-state index is 4.31. The SMILES string of the molecule is CCNC(C)(C)c1ccccn1. The van der Waals surface area contributed by atoms with Crippen LogP contribution in [0.5, 0.6) is 0 Å². The zero-order chi connectivity index (χ0) is 9.03. The second kappa shape index (κ2) is 3.68. The van der Waals surface area contributed by atoms with Crippen molar-refractivity contribution in [3.63, 3.8) is 0 Å². The summed E-state index contributed by atoms with van der Waals surface area (Å²) in [6, 6.07) is 6.00. The van der Waals surface area contributed by atoms with E-state index in [0.717, 1.165) is 12.2 Å². The van der Waals surface area contributed by atoms with Crippen molar-refractivity contribution < 1.29 is 0 Å². The summed E-state index contributed by atoms with van der Waals surface area (Å²) in [5.74, 6) is 0. The lowest BCUT2D eigenvalue weighted by molar-refractivity contribution is 0.404. The van der Waals surface area contributed by atoms with Crippen molar-refractivity contribution in [1.29, 1.82) is 0 Å². The van der Waals surface area contributed by atoms with E-state index in [-0.39, 0.29) is 5.54 Å². The van der Waals surface area contributed by atoms with Gasteiger partial charge in [0, 0.05) is 6.20 Å². The van der Waals surface area contributed by atoms with Gasteiger partial charge < -0.3 is 5.32 Å². The molecule has 12 heavy (non-hydrogen) atoms. The Kier molecular flexibility index (Phi) is 2.82. The fraction of sp³-hybridized carbons (Fsp3) is 0.500. The van der Waals surface area contributed by atoms with E-state index in [4.69, 9.17) is 0 Å². The molecule has 0 aliphatic rings. The van der Waals surface area contributed by atoms with Crippen LogP contribution < -0.4 is 5.32 Å². The Morgan fingerprint density at radius 3 is 2.67 bits per heavy atom. The fourth-order valence-electron chi connectivity index (χ4n) is 1.26. The second-order valence-electron chi connectivity index (χ2n) is 3.37. The van der Waals surface area contributed by atoms with Crippen molar-refractivity contribution in [2.24, 2.45) is 0 Å². The van der Waals surface area contributed by atoms with Gasteiger partial charge >= 0.3 is 0 Å². The summed E-state index contributed by atoms with van der Waals surface area (Å²) < 4.78 is 0. The Morgan fingerprint density at radius 2 is 2.17 bits per heavy atom. The van der Waals surface area contributed by atoms with E-state index in [1.165, 1.54) is 0 Å². The number of rotatable bonds is 3. The zero-order valence-corrected chi connectivity index (χ0v) is 7.96. The lowest BCUT2D eigenvalue weighted by Gasteiger charge is -2.24. The molecule has 0 saturated heterocycles. The third-order valence-corrected chi connectivity index (χ3v) is 1.92. The van der Waals surface area contributed by atoms with Crippen molar-refractivity contribution in [3.05, 3.63) is 30.1 Å². The predicted octanol–water partition coefficient (Wildman–Crippen LogP) is 1.93. The monoisotopic (exact) mass is 164 g/mol. The number of nitrogens with one attached hydrogen (secondary N) is 1. The van der Waals surface area contributed by atoms with Crippen LogP contribution in [-0.4, -0.2) is 11.5 Å². The maximum atomic E-state index is 4.31. The highest BCUT2D eigenvalue weighted by Crippen LogP contribution is 2.15. The maximum Gasteiger partial charge on any atom is 0.0598 e. The van der Waals surface area contributed by atoms with Crippen molar-refractivity contribution in [2.45, 2.75) is 26.3 Å². The molecule has 0 unspecified atom stereocenters. The van der Waals surface area contributed by atoms with Gasteiger partial charge in [-0.3, -0.25) is 4.98 Å². The molecule has 0 aliphatic carbocycles. The van der Waals surface area contributed by atoms with E-state index in [1.54, 1.807) is 0 Å². The summed E-state index contributed by atoms with van der Waals surface area (Å²) >= 11 is 0. The van der Waals surface area contributed by atoms with Gasteiger partial charge in [0.1, 0.15) is 0 Å². The van der Waals surface area contributed by atoms with Gasteiger partial charge in [0.05, 0.1) is 11.2 Å². The molecule has 2 heteroatoms. The second-order valence-corrected chi connectivity index (χ2v) is 3.37. The number of aromatic nitrogens is 1. The van der Waals surface area contributed by atoms with E-state index in [2.05, 4.69) is 31.1 Å². The van der Waals surface area contributed by atoms with Crippen molar-refractivity contribution in [2.75, 3.05) is 6.54 Å². The molecular formula is C10H16N2. The standard InChI is InChI=1S/C10H16N2/c1-4-12-10(2,3)9-7-5-6-8-11-9/h5-8,12H,4H2,1-3H3. The van der Waals surface area contributed by atoms with Crippen LogP contribution in [-0.2, 0) is 5.54 Å². The Labute approximate surface area is 74.0 Å². The van der Waals surface area contributed by atoms with Crippen molar-refractivity contribution in [3.8, 4) is 0 Å². The molecule has 0 amide bonds. The van der Waals surface area contributed by atoms with E-state index in [0.29, 0.717) is 0 Å². The molecule has 0 radical (unpaired) electrons. The molecule has 1 heterocycles. The molecular weight excluding hydrogens is 148 g/mol. The minimum absolute atomic E-state index is 0.0178. The highest BCUT2D eigenvalue weighted by Gasteiger charge is 2.19.